The number of hydrogen-bond acceptors (Lipinski definition) is 4. The molecule has 6 nitrogen and oxygen atoms in total. The van der Waals surface area contributed by atoms with Crippen molar-refractivity contribution in [3.05, 3.63) is 23.8 Å². The molecule has 0 radical (unpaired) electrons. The number of nitrogens with one attached hydrogen (secondary N) is 2. The van der Waals surface area contributed by atoms with Gasteiger partial charge in [-0.2, -0.15) is 0 Å². The highest BCUT2D eigenvalue weighted by Gasteiger charge is 2.23. The number of hydrogen-bond donors (Lipinski definition) is 3. The molecule has 2 aliphatic heterocycles. The molecule has 2 saturated heterocycles. The van der Waals surface area contributed by atoms with E-state index in [1.807, 2.05) is 6.07 Å². The molecular formula is C21H33ClN4O2. The van der Waals surface area contributed by atoms with Crippen molar-refractivity contribution < 1.29 is 9.59 Å². The average Bonchev–Trinajstić information content (AvgIpc) is 2.69. The lowest BCUT2D eigenvalue weighted by atomic mass is 9.85. The molecule has 0 bridgehead atoms. The van der Waals surface area contributed by atoms with E-state index in [1.165, 1.54) is 19.3 Å². The van der Waals surface area contributed by atoms with E-state index in [2.05, 4.69) is 22.5 Å². The number of halogens is 1. The summed E-state index contributed by atoms with van der Waals surface area (Å²) < 4.78 is 0. The van der Waals surface area contributed by atoms with Crippen LogP contribution in [-0.4, -0.2) is 38.0 Å². The molecule has 3 rings (SSSR count). The first-order valence-corrected chi connectivity index (χ1v) is 10.2. The van der Waals surface area contributed by atoms with E-state index in [9.17, 15) is 9.59 Å². The molecule has 2 heterocycles. The Morgan fingerprint density at radius 3 is 2.64 bits per heavy atom. The molecule has 156 valence electrons. The molecule has 28 heavy (non-hydrogen) atoms. The van der Waals surface area contributed by atoms with Crippen LogP contribution >= 0.6 is 12.4 Å². The van der Waals surface area contributed by atoms with Gasteiger partial charge in [-0.3, -0.25) is 9.59 Å². The number of piperidine rings is 2. The maximum absolute atomic E-state index is 12.5. The summed E-state index contributed by atoms with van der Waals surface area (Å²) in [6, 6.07) is 5.41. The molecule has 0 aliphatic carbocycles. The Morgan fingerprint density at radius 1 is 1.25 bits per heavy atom. The Morgan fingerprint density at radius 2 is 2.00 bits per heavy atom. The van der Waals surface area contributed by atoms with Crippen LogP contribution in [0.4, 0.5) is 11.4 Å². The molecule has 0 spiro atoms. The zero-order valence-electron chi connectivity index (χ0n) is 16.7. The summed E-state index contributed by atoms with van der Waals surface area (Å²) in [5, 5.41) is 6.44. The summed E-state index contributed by atoms with van der Waals surface area (Å²) in [4.78, 5) is 26.6. The molecule has 4 N–H and O–H groups in total. The van der Waals surface area contributed by atoms with Crippen LogP contribution in [0.15, 0.2) is 18.2 Å². The van der Waals surface area contributed by atoms with Crippen molar-refractivity contribution in [2.75, 3.05) is 36.4 Å². The highest BCUT2D eigenvalue weighted by molar-refractivity contribution is 6.00. The highest BCUT2D eigenvalue weighted by atomic mass is 35.5. The van der Waals surface area contributed by atoms with Crippen molar-refractivity contribution in [2.45, 2.75) is 45.4 Å². The van der Waals surface area contributed by atoms with E-state index in [1.54, 1.807) is 12.1 Å². The van der Waals surface area contributed by atoms with E-state index < -0.39 is 5.91 Å². The van der Waals surface area contributed by atoms with E-state index in [0.29, 0.717) is 23.8 Å². The highest BCUT2D eigenvalue weighted by Crippen LogP contribution is 2.28. The van der Waals surface area contributed by atoms with Gasteiger partial charge in [-0.15, -0.1) is 12.4 Å². The van der Waals surface area contributed by atoms with Gasteiger partial charge in [0.05, 0.1) is 11.3 Å². The fourth-order valence-corrected chi connectivity index (χ4v) is 4.25. The van der Waals surface area contributed by atoms with Crippen molar-refractivity contribution in [3.8, 4) is 0 Å². The van der Waals surface area contributed by atoms with Gasteiger partial charge in [0.15, 0.2) is 0 Å². The lowest BCUT2D eigenvalue weighted by Crippen LogP contribution is -2.34. The Hall–Kier alpha value is -1.79. The topological polar surface area (TPSA) is 87.5 Å². The van der Waals surface area contributed by atoms with Crippen molar-refractivity contribution in [1.82, 2.24) is 5.32 Å². The normalized spacial score (nSPS) is 20.8. The zero-order chi connectivity index (χ0) is 19.2. The fraction of sp³-hybridized carbons (Fsp3) is 0.619. The molecule has 1 aromatic rings. The second kappa shape index (κ2) is 10.7. The van der Waals surface area contributed by atoms with Crippen molar-refractivity contribution in [3.63, 3.8) is 0 Å². The number of anilines is 2. The maximum Gasteiger partial charge on any atom is 0.250 e. The minimum Gasteiger partial charge on any atom is -0.371 e. The van der Waals surface area contributed by atoms with Crippen LogP contribution in [-0.2, 0) is 4.79 Å². The van der Waals surface area contributed by atoms with Crippen LogP contribution in [0.25, 0.3) is 0 Å². The van der Waals surface area contributed by atoms with Gasteiger partial charge in [0.2, 0.25) is 5.91 Å². The number of carbonyl (C=O) groups excluding carboxylic acids is 2. The minimum atomic E-state index is -0.424. The monoisotopic (exact) mass is 408 g/mol. The van der Waals surface area contributed by atoms with Crippen LogP contribution in [0.3, 0.4) is 0 Å². The Balaban J connectivity index is 0.00000280. The van der Waals surface area contributed by atoms with Crippen molar-refractivity contribution in [1.29, 1.82) is 0 Å². The Kier molecular flexibility index (Phi) is 8.58. The number of rotatable bonds is 6. The molecule has 2 aliphatic rings. The number of primary amides is 1. The van der Waals surface area contributed by atoms with Crippen molar-refractivity contribution >= 4 is 35.6 Å². The maximum atomic E-state index is 12.5. The van der Waals surface area contributed by atoms with E-state index in [4.69, 9.17) is 5.73 Å². The SMILES string of the molecule is CC(CC(=O)Nc1ccc(C(N)=O)c(N2CCCCC2)c1)C1CCCNC1.Cl. The van der Waals surface area contributed by atoms with Gasteiger partial charge in [-0.25, -0.2) is 0 Å². The lowest BCUT2D eigenvalue weighted by molar-refractivity contribution is -0.117. The average molecular weight is 409 g/mol. The quantitative estimate of drug-likeness (QED) is 0.674. The summed E-state index contributed by atoms with van der Waals surface area (Å²) >= 11 is 0. The molecule has 1 aromatic carbocycles. The minimum absolute atomic E-state index is 0. The molecule has 2 amide bonds. The first-order valence-electron chi connectivity index (χ1n) is 10.2. The second-order valence-corrected chi connectivity index (χ2v) is 7.98. The summed E-state index contributed by atoms with van der Waals surface area (Å²) in [6.07, 6.45) is 6.33. The van der Waals surface area contributed by atoms with Crippen LogP contribution in [0.2, 0.25) is 0 Å². The first-order chi connectivity index (χ1) is 13.0. The summed E-state index contributed by atoms with van der Waals surface area (Å²) in [5.74, 6) is 0.520. The van der Waals surface area contributed by atoms with Crippen LogP contribution in [0.5, 0.6) is 0 Å². The Labute approximate surface area is 174 Å². The summed E-state index contributed by atoms with van der Waals surface area (Å²) in [6.45, 7) is 6.08. The van der Waals surface area contributed by atoms with Crippen LogP contribution in [0.1, 0.15) is 55.8 Å². The van der Waals surface area contributed by atoms with E-state index in [-0.39, 0.29) is 18.3 Å². The first kappa shape index (κ1) is 22.5. The van der Waals surface area contributed by atoms with Gasteiger partial charge in [-0.05, 0) is 75.2 Å². The van der Waals surface area contributed by atoms with Crippen molar-refractivity contribution in [2.24, 2.45) is 17.6 Å². The predicted octanol–water partition coefficient (Wildman–Crippen LogP) is 3.16. The predicted molar refractivity (Wildman–Crippen MR) is 116 cm³/mol. The lowest BCUT2D eigenvalue weighted by Gasteiger charge is -2.30. The fourth-order valence-electron chi connectivity index (χ4n) is 4.25. The van der Waals surface area contributed by atoms with Crippen LogP contribution in [0, 0.1) is 11.8 Å². The third kappa shape index (κ3) is 5.85. The standard InChI is InChI=1S/C21H32N4O2.ClH/c1-15(16-6-5-9-23-14-16)12-20(26)24-17-7-8-18(21(22)27)19(13-17)25-10-3-2-4-11-25;/h7-8,13,15-16,23H,2-6,9-12,14H2,1H3,(H2,22,27)(H,24,26);1H. The van der Waals surface area contributed by atoms with Gasteiger partial charge in [0.25, 0.3) is 5.91 Å². The summed E-state index contributed by atoms with van der Waals surface area (Å²) in [7, 11) is 0. The van der Waals surface area contributed by atoms with Crippen LogP contribution < -0.4 is 21.3 Å². The molecular weight excluding hydrogens is 376 g/mol. The molecule has 2 atom stereocenters. The molecule has 2 fully saturated rings. The molecule has 2 unspecified atom stereocenters. The number of carbonyl (C=O) groups is 2. The second-order valence-electron chi connectivity index (χ2n) is 7.98. The number of nitrogens with two attached hydrogens (primary N) is 1. The smallest absolute Gasteiger partial charge is 0.250 e. The largest absolute Gasteiger partial charge is 0.371 e. The van der Waals surface area contributed by atoms with Gasteiger partial charge in [0.1, 0.15) is 0 Å². The van der Waals surface area contributed by atoms with Gasteiger partial charge >= 0.3 is 0 Å². The molecule has 0 aromatic heterocycles. The molecule has 0 saturated carbocycles. The third-order valence-corrected chi connectivity index (χ3v) is 5.89. The third-order valence-electron chi connectivity index (χ3n) is 5.89. The number of benzene rings is 1. The number of amides is 2. The van der Waals surface area contributed by atoms with E-state index in [0.717, 1.165) is 50.4 Å². The summed E-state index contributed by atoms with van der Waals surface area (Å²) in [5.41, 5.74) is 7.66. The number of nitrogens with zero attached hydrogens (tertiary/aromatic N) is 1. The van der Waals surface area contributed by atoms with E-state index >= 15 is 0 Å². The zero-order valence-corrected chi connectivity index (χ0v) is 17.5. The van der Waals surface area contributed by atoms with Gasteiger partial charge in [0, 0.05) is 25.2 Å². The van der Waals surface area contributed by atoms with Gasteiger partial charge in [-0.1, -0.05) is 6.92 Å². The Bertz CT molecular complexity index is 670. The molecule has 7 heteroatoms. The van der Waals surface area contributed by atoms with Gasteiger partial charge < -0.3 is 21.3 Å².